The largest absolute Gasteiger partial charge is 0.462 e. The molecule has 2 atom stereocenters. The number of nitrogens with zero attached hydrogens (tertiary/aromatic N) is 2. The fourth-order valence-electron chi connectivity index (χ4n) is 4.17. The van der Waals surface area contributed by atoms with E-state index in [9.17, 15) is 9.70 Å². The van der Waals surface area contributed by atoms with Crippen molar-refractivity contribution < 1.29 is 13.9 Å². The third kappa shape index (κ3) is 5.86. The smallest absolute Gasteiger partial charge is 0.348 e. The number of rotatable bonds is 9. The average Bonchev–Trinajstić information content (AvgIpc) is 3.36. The lowest BCUT2D eigenvalue weighted by Gasteiger charge is -2.22. The summed E-state index contributed by atoms with van der Waals surface area (Å²) in [6.45, 7) is 3.93. The first-order chi connectivity index (χ1) is 17.4. The summed E-state index contributed by atoms with van der Waals surface area (Å²) in [6.07, 6.45) is 1.91. The molecule has 2 unspecified atom stereocenters. The van der Waals surface area contributed by atoms with Gasteiger partial charge in [0.25, 0.3) is 0 Å². The molecule has 184 valence electrons. The predicted octanol–water partition coefficient (Wildman–Crippen LogP) is 8.12. The van der Waals surface area contributed by atoms with Crippen LogP contribution in [-0.4, -0.2) is 17.6 Å². The molecule has 0 radical (unpaired) electrons. The molecule has 5 nitrogen and oxygen atoms in total. The molecule has 0 fully saturated rings. The van der Waals surface area contributed by atoms with E-state index in [1.165, 1.54) is 17.4 Å². The van der Waals surface area contributed by atoms with Crippen LogP contribution in [0.5, 0.6) is 0 Å². The molecular formula is C28H24ClFN2O3S. The van der Waals surface area contributed by atoms with Crippen molar-refractivity contribution in [3.63, 3.8) is 0 Å². The molecule has 0 saturated carbocycles. The molecule has 0 aliphatic carbocycles. The van der Waals surface area contributed by atoms with Crippen LogP contribution in [-0.2, 0) is 4.74 Å². The number of esters is 1. The minimum Gasteiger partial charge on any atom is -0.462 e. The first kappa shape index (κ1) is 25.7. The Balaban J connectivity index is 1.68. The maximum absolute atomic E-state index is 15.0. The van der Waals surface area contributed by atoms with Crippen LogP contribution in [0.3, 0.4) is 0 Å². The molecule has 0 amide bonds. The number of carbonyl (C=O) groups is 1. The van der Waals surface area contributed by atoms with Crippen molar-refractivity contribution >= 4 is 28.9 Å². The minimum atomic E-state index is -0.685. The van der Waals surface area contributed by atoms with E-state index in [0.717, 1.165) is 27.9 Å². The molecule has 4 rings (SSSR count). The Morgan fingerprint density at radius 3 is 2.53 bits per heavy atom. The van der Waals surface area contributed by atoms with Gasteiger partial charge in [-0.25, -0.2) is 9.18 Å². The van der Waals surface area contributed by atoms with Gasteiger partial charge in [-0.15, -0.1) is 11.3 Å². The van der Waals surface area contributed by atoms with Crippen LogP contribution in [0.4, 0.5) is 4.39 Å². The van der Waals surface area contributed by atoms with Gasteiger partial charge in [0.15, 0.2) is 0 Å². The second kappa shape index (κ2) is 11.5. The predicted molar refractivity (Wildman–Crippen MR) is 141 cm³/mol. The molecule has 8 heteroatoms. The zero-order chi connectivity index (χ0) is 25.7. The van der Waals surface area contributed by atoms with E-state index in [0.29, 0.717) is 22.1 Å². The molecule has 4 aromatic rings. The molecule has 0 aliphatic heterocycles. The number of benzene rings is 2. The highest BCUT2D eigenvalue weighted by Crippen LogP contribution is 2.38. The number of ether oxygens (including phenoxy) is 1. The van der Waals surface area contributed by atoms with E-state index in [2.05, 4.69) is 10.2 Å². The minimum absolute atomic E-state index is 0.274. The van der Waals surface area contributed by atoms with E-state index >= 15 is 4.39 Å². The van der Waals surface area contributed by atoms with Gasteiger partial charge in [0.1, 0.15) is 16.7 Å². The van der Waals surface area contributed by atoms with Crippen molar-refractivity contribution in [3.05, 3.63) is 115 Å². The highest BCUT2D eigenvalue weighted by atomic mass is 35.5. The fraction of sp³-hybridized carbons (Fsp3) is 0.214. The Hall–Kier alpha value is -3.42. The number of nitroso groups, excluding NO2 is 1. The number of hydrogen-bond acceptors (Lipinski definition) is 6. The number of aromatic nitrogens is 1. The third-order valence-corrected chi connectivity index (χ3v) is 7.10. The third-order valence-electron chi connectivity index (χ3n) is 5.95. The van der Waals surface area contributed by atoms with Crippen LogP contribution < -0.4 is 0 Å². The van der Waals surface area contributed by atoms with Gasteiger partial charge < -0.3 is 4.74 Å². The second-order valence-corrected chi connectivity index (χ2v) is 9.70. The van der Waals surface area contributed by atoms with E-state index in [1.807, 2.05) is 42.6 Å². The summed E-state index contributed by atoms with van der Waals surface area (Å²) < 4.78 is 20.1. The Morgan fingerprint density at radius 1 is 1.08 bits per heavy atom. The van der Waals surface area contributed by atoms with Gasteiger partial charge in [-0.3, -0.25) is 4.98 Å². The standard InChI is InChI=1S/C28H24ClFN2O3S/c1-3-35-28(33)27-13-21(16-36-27)18-4-6-19(7-5-18)24(23-9-8-22(29)14-25(23)30)15-26(32-34)20-10-11-31-17(2)12-20/h4-14,16,24,26H,3,15H2,1-2H3. The Bertz CT molecular complexity index is 1370. The summed E-state index contributed by atoms with van der Waals surface area (Å²) in [7, 11) is 0. The Morgan fingerprint density at radius 2 is 1.86 bits per heavy atom. The van der Waals surface area contributed by atoms with Crippen molar-refractivity contribution in [2.75, 3.05) is 6.61 Å². The summed E-state index contributed by atoms with van der Waals surface area (Å²) >= 11 is 7.32. The van der Waals surface area contributed by atoms with Crippen molar-refractivity contribution in [2.24, 2.45) is 5.18 Å². The van der Waals surface area contributed by atoms with Crippen molar-refractivity contribution in [2.45, 2.75) is 32.2 Å². The summed E-state index contributed by atoms with van der Waals surface area (Å²) in [5, 5.41) is 5.57. The van der Waals surface area contributed by atoms with Crippen LogP contribution in [0.1, 0.15) is 57.4 Å². The molecule has 2 aromatic heterocycles. The van der Waals surface area contributed by atoms with E-state index < -0.39 is 17.8 Å². The summed E-state index contributed by atoms with van der Waals surface area (Å²) in [6, 6.07) is 16.9. The van der Waals surface area contributed by atoms with Gasteiger partial charge >= 0.3 is 5.97 Å². The number of halogens is 2. The second-order valence-electron chi connectivity index (χ2n) is 8.35. The number of pyridine rings is 1. The molecule has 0 N–H and O–H groups in total. The first-order valence-corrected chi connectivity index (χ1v) is 12.7. The molecule has 2 heterocycles. The van der Waals surface area contributed by atoms with Crippen molar-refractivity contribution in [1.29, 1.82) is 0 Å². The maximum atomic E-state index is 15.0. The molecule has 0 bridgehead atoms. The highest BCUT2D eigenvalue weighted by Gasteiger charge is 2.25. The van der Waals surface area contributed by atoms with Crippen LogP contribution in [0.25, 0.3) is 11.1 Å². The number of aryl methyl sites for hydroxylation is 1. The quantitative estimate of drug-likeness (QED) is 0.164. The summed E-state index contributed by atoms with van der Waals surface area (Å²) in [5.41, 5.74) is 4.59. The SMILES string of the molecule is CCOC(=O)c1cc(-c2ccc(C(CC(N=O)c3ccnc(C)c3)c3ccc(Cl)cc3F)cc2)cs1. The van der Waals surface area contributed by atoms with E-state index in [-0.39, 0.29) is 12.4 Å². The lowest BCUT2D eigenvalue weighted by atomic mass is 9.83. The normalized spacial score (nSPS) is 12.7. The Labute approximate surface area is 217 Å². The van der Waals surface area contributed by atoms with Crippen molar-refractivity contribution in [3.8, 4) is 11.1 Å². The van der Waals surface area contributed by atoms with Gasteiger partial charge in [-0.1, -0.05) is 47.1 Å². The zero-order valence-electron chi connectivity index (χ0n) is 19.8. The van der Waals surface area contributed by atoms with Crippen LogP contribution >= 0.6 is 22.9 Å². The van der Waals surface area contributed by atoms with Gasteiger partial charge in [0.2, 0.25) is 0 Å². The number of carbonyl (C=O) groups excluding carboxylic acids is 1. The Kier molecular flexibility index (Phi) is 8.23. The average molecular weight is 523 g/mol. The molecule has 0 saturated heterocycles. The van der Waals surface area contributed by atoms with E-state index in [4.69, 9.17) is 16.3 Å². The van der Waals surface area contributed by atoms with Gasteiger partial charge in [-0.05, 0) is 83.8 Å². The number of thiophene rings is 1. The lowest BCUT2D eigenvalue weighted by molar-refractivity contribution is 0.0532. The molecule has 0 spiro atoms. The topological polar surface area (TPSA) is 68.6 Å². The van der Waals surface area contributed by atoms with Crippen LogP contribution in [0, 0.1) is 17.6 Å². The highest BCUT2D eigenvalue weighted by molar-refractivity contribution is 7.12. The van der Waals surface area contributed by atoms with E-state index in [1.54, 1.807) is 37.4 Å². The van der Waals surface area contributed by atoms with Crippen LogP contribution in [0.15, 0.2) is 77.4 Å². The molecule has 36 heavy (non-hydrogen) atoms. The fourth-order valence-corrected chi connectivity index (χ4v) is 5.14. The maximum Gasteiger partial charge on any atom is 0.348 e. The molecule has 0 aliphatic rings. The van der Waals surface area contributed by atoms with Gasteiger partial charge in [0, 0.05) is 22.8 Å². The summed E-state index contributed by atoms with van der Waals surface area (Å²) in [5.74, 6) is -1.23. The zero-order valence-corrected chi connectivity index (χ0v) is 21.4. The molecule has 2 aromatic carbocycles. The lowest BCUT2D eigenvalue weighted by Crippen LogP contribution is -2.09. The van der Waals surface area contributed by atoms with Gasteiger partial charge in [0.05, 0.1) is 6.61 Å². The summed E-state index contributed by atoms with van der Waals surface area (Å²) in [4.78, 5) is 28.6. The van der Waals surface area contributed by atoms with Crippen molar-refractivity contribution in [1.82, 2.24) is 4.98 Å². The number of hydrogen-bond donors (Lipinski definition) is 0. The van der Waals surface area contributed by atoms with Crippen LogP contribution in [0.2, 0.25) is 5.02 Å². The first-order valence-electron chi connectivity index (χ1n) is 11.5. The monoisotopic (exact) mass is 522 g/mol. The molecular weight excluding hydrogens is 499 g/mol. The van der Waals surface area contributed by atoms with Gasteiger partial charge in [-0.2, -0.15) is 4.91 Å².